The molecule has 0 aromatic heterocycles. The molecule has 0 saturated carbocycles. The molecule has 150 valence electrons. The molecule has 2 N–H and O–H groups in total. The minimum atomic E-state index is -0.296. The number of benzene rings is 5. The Hall–Kier alpha value is -4.10. The summed E-state index contributed by atoms with van der Waals surface area (Å²) in [5.41, 5.74) is 19.8. The molecule has 5 aromatic carbocycles. The predicted molar refractivity (Wildman–Crippen MR) is 133 cm³/mol. The molecule has 0 radical (unpaired) electrons. The first-order chi connectivity index (χ1) is 15.8. The highest BCUT2D eigenvalue weighted by atomic mass is 14.5. The van der Waals surface area contributed by atoms with E-state index in [2.05, 4.69) is 103 Å². The number of hydrogen-bond acceptors (Lipinski definition) is 1. The Morgan fingerprint density at radius 2 is 0.938 bits per heavy atom. The van der Waals surface area contributed by atoms with Gasteiger partial charge in [-0.1, -0.05) is 103 Å². The van der Waals surface area contributed by atoms with Crippen LogP contribution in [0.4, 0.5) is 5.69 Å². The highest BCUT2D eigenvalue weighted by molar-refractivity contribution is 5.99. The molecule has 0 atom stereocenters. The van der Waals surface area contributed by atoms with Crippen LogP contribution in [-0.4, -0.2) is 0 Å². The van der Waals surface area contributed by atoms with E-state index in [4.69, 9.17) is 5.73 Å². The van der Waals surface area contributed by atoms with Gasteiger partial charge in [-0.25, -0.2) is 0 Å². The van der Waals surface area contributed by atoms with E-state index in [0.717, 1.165) is 11.3 Å². The van der Waals surface area contributed by atoms with E-state index >= 15 is 0 Å². The molecule has 1 spiro atoms. The third kappa shape index (κ3) is 2.03. The van der Waals surface area contributed by atoms with E-state index in [1.54, 1.807) is 0 Å². The van der Waals surface area contributed by atoms with Gasteiger partial charge in [-0.15, -0.1) is 0 Å². The Bertz CT molecular complexity index is 1500. The van der Waals surface area contributed by atoms with Gasteiger partial charge in [0.15, 0.2) is 0 Å². The van der Waals surface area contributed by atoms with Gasteiger partial charge in [0.1, 0.15) is 0 Å². The van der Waals surface area contributed by atoms with Gasteiger partial charge < -0.3 is 5.73 Å². The van der Waals surface area contributed by atoms with Crippen molar-refractivity contribution in [1.29, 1.82) is 0 Å². The zero-order valence-corrected chi connectivity index (χ0v) is 17.5. The van der Waals surface area contributed by atoms with Crippen molar-refractivity contribution in [2.45, 2.75) is 5.41 Å². The van der Waals surface area contributed by atoms with Crippen LogP contribution < -0.4 is 5.73 Å². The second kappa shape index (κ2) is 6.21. The average Bonchev–Trinajstić information content (AvgIpc) is 3.32. The van der Waals surface area contributed by atoms with Gasteiger partial charge in [0, 0.05) is 5.69 Å². The highest BCUT2D eigenvalue weighted by Gasteiger charge is 2.51. The maximum atomic E-state index is 6.18. The molecule has 2 aliphatic carbocycles. The van der Waals surface area contributed by atoms with Crippen molar-refractivity contribution in [3.63, 3.8) is 0 Å². The van der Waals surface area contributed by atoms with Crippen LogP contribution in [0.3, 0.4) is 0 Å². The molecule has 0 amide bonds. The fourth-order valence-corrected chi connectivity index (χ4v) is 6.09. The van der Waals surface area contributed by atoms with Crippen molar-refractivity contribution < 1.29 is 0 Å². The molecule has 0 bridgehead atoms. The number of rotatable bonds is 1. The molecule has 0 unspecified atom stereocenters. The molecule has 0 saturated heterocycles. The smallest absolute Gasteiger partial charge is 0.0725 e. The molecular formula is C31H21N. The van der Waals surface area contributed by atoms with Gasteiger partial charge in [0.25, 0.3) is 0 Å². The second-order valence-electron chi connectivity index (χ2n) is 8.74. The van der Waals surface area contributed by atoms with E-state index in [1.807, 2.05) is 12.1 Å². The van der Waals surface area contributed by atoms with Crippen LogP contribution in [-0.2, 0) is 5.41 Å². The first-order valence-corrected chi connectivity index (χ1v) is 11.1. The van der Waals surface area contributed by atoms with Crippen LogP contribution in [0.15, 0.2) is 115 Å². The van der Waals surface area contributed by atoms with Crippen LogP contribution in [0.25, 0.3) is 33.4 Å². The highest BCUT2D eigenvalue weighted by Crippen LogP contribution is 2.63. The molecule has 32 heavy (non-hydrogen) atoms. The minimum absolute atomic E-state index is 0.296. The monoisotopic (exact) mass is 407 g/mol. The van der Waals surface area contributed by atoms with E-state index in [9.17, 15) is 0 Å². The van der Waals surface area contributed by atoms with Gasteiger partial charge >= 0.3 is 0 Å². The summed E-state index contributed by atoms with van der Waals surface area (Å²) >= 11 is 0. The molecule has 0 heterocycles. The fraction of sp³-hybridized carbons (Fsp3) is 0.0323. The normalized spacial score (nSPS) is 14.0. The number of nitrogen functional groups attached to an aromatic ring is 1. The van der Waals surface area contributed by atoms with Crippen LogP contribution in [0.2, 0.25) is 0 Å². The SMILES string of the molecule is Nc1cccc(-c2cccc3c2-c2ccccc2C32c3ccccc3-c3ccccc32)c1. The number of nitrogens with two attached hydrogens (primary N) is 1. The van der Waals surface area contributed by atoms with Gasteiger partial charge in [0.05, 0.1) is 5.41 Å². The van der Waals surface area contributed by atoms with E-state index in [0.29, 0.717) is 0 Å². The lowest BCUT2D eigenvalue weighted by Crippen LogP contribution is -2.25. The third-order valence-corrected chi connectivity index (χ3v) is 7.22. The van der Waals surface area contributed by atoms with Gasteiger partial charge in [0.2, 0.25) is 0 Å². The lowest BCUT2D eigenvalue weighted by Gasteiger charge is -2.30. The standard InChI is InChI=1S/C31H21N/c32-21-10-7-9-20(19-21)22-14-8-18-29-30(22)25-13-3-6-17-28(25)31(29)26-15-4-1-11-23(26)24-12-2-5-16-27(24)31/h1-19H,32H2. The molecule has 1 nitrogen and oxygen atoms in total. The molecule has 2 aliphatic rings. The summed E-state index contributed by atoms with van der Waals surface area (Å²) in [4.78, 5) is 0. The minimum Gasteiger partial charge on any atom is -0.399 e. The maximum absolute atomic E-state index is 6.18. The number of anilines is 1. The topological polar surface area (TPSA) is 26.0 Å². The molecule has 1 heteroatoms. The van der Waals surface area contributed by atoms with Crippen LogP contribution >= 0.6 is 0 Å². The van der Waals surface area contributed by atoms with Crippen molar-refractivity contribution in [2.75, 3.05) is 5.73 Å². The van der Waals surface area contributed by atoms with Crippen LogP contribution in [0.5, 0.6) is 0 Å². The first kappa shape index (κ1) is 17.6. The first-order valence-electron chi connectivity index (χ1n) is 11.1. The zero-order chi connectivity index (χ0) is 21.3. The summed E-state index contributed by atoms with van der Waals surface area (Å²) in [6, 6.07) is 41.7. The lowest BCUT2D eigenvalue weighted by atomic mass is 9.70. The summed E-state index contributed by atoms with van der Waals surface area (Å²) in [6.07, 6.45) is 0. The largest absolute Gasteiger partial charge is 0.399 e. The maximum Gasteiger partial charge on any atom is 0.0725 e. The number of fused-ring (bicyclic) bond motifs is 10. The molecule has 0 fully saturated rings. The van der Waals surface area contributed by atoms with Crippen LogP contribution in [0, 0.1) is 0 Å². The quantitative estimate of drug-likeness (QED) is 0.284. The Balaban J connectivity index is 1.67. The Morgan fingerprint density at radius 1 is 0.438 bits per heavy atom. The summed E-state index contributed by atoms with van der Waals surface area (Å²) < 4.78 is 0. The van der Waals surface area contributed by atoms with Crippen molar-refractivity contribution in [3.8, 4) is 33.4 Å². The lowest BCUT2D eigenvalue weighted by molar-refractivity contribution is 0.794. The van der Waals surface area contributed by atoms with Gasteiger partial charge in [-0.05, 0) is 67.8 Å². The van der Waals surface area contributed by atoms with Gasteiger partial charge in [-0.2, -0.15) is 0 Å². The second-order valence-corrected chi connectivity index (χ2v) is 8.74. The fourth-order valence-electron chi connectivity index (χ4n) is 6.09. The van der Waals surface area contributed by atoms with E-state index < -0.39 is 0 Å². The Morgan fingerprint density at radius 3 is 1.59 bits per heavy atom. The van der Waals surface area contributed by atoms with E-state index in [-0.39, 0.29) is 5.41 Å². The zero-order valence-electron chi connectivity index (χ0n) is 17.5. The van der Waals surface area contributed by atoms with Gasteiger partial charge in [-0.3, -0.25) is 0 Å². The molecular weight excluding hydrogens is 386 g/mol. The predicted octanol–water partition coefficient (Wildman–Crippen LogP) is 7.28. The van der Waals surface area contributed by atoms with Crippen molar-refractivity contribution in [2.24, 2.45) is 0 Å². The molecule has 7 rings (SSSR count). The summed E-state index contributed by atoms with van der Waals surface area (Å²) in [5.74, 6) is 0. The summed E-state index contributed by atoms with van der Waals surface area (Å²) in [5, 5.41) is 0. The summed E-state index contributed by atoms with van der Waals surface area (Å²) in [6.45, 7) is 0. The average molecular weight is 408 g/mol. The summed E-state index contributed by atoms with van der Waals surface area (Å²) in [7, 11) is 0. The van der Waals surface area contributed by atoms with Crippen molar-refractivity contribution in [3.05, 3.63) is 138 Å². The third-order valence-electron chi connectivity index (χ3n) is 7.22. The number of hydrogen-bond donors (Lipinski definition) is 1. The van der Waals surface area contributed by atoms with Crippen LogP contribution in [0.1, 0.15) is 22.3 Å². The van der Waals surface area contributed by atoms with Crippen molar-refractivity contribution in [1.82, 2.24) is 0 Å². The molecule has 0 aliphatic heterocycles. The Labute approximate surface area is 187 Å². The Kier molecular flexibility index (Phi) is 3.41. The molecule has 5 aromatic rings. The van der Waals surface area contributed by atoms with E-state index in [1.165, 1.54) is 50.1 Å². The van der Waals surface area contributed by atoms with Crippen molar-refractivity contribution >= 4 is 5.69 Å².